The number of hydrogen-bond donors (Lipinski definition) is 2. The third kappa shape index (κ3) is 5.11. The Morgan fingerprint density at radius 3 is 2.74 bits per heavy atom. The number of aromatic nitrogens is 1. The highest BCUT2D eigenvalue weighted by Crippen LogP contribution is 2.12. The summed E-state index contributed by atoms with van der Waals surface area (Å²) in [5.41, 5.74) is 2.31. The van der Waals surface area contributed by atoms with Crippen LogP contribution in [0.5, 0.6) is 0 Å². The predicted molar refractivity (Wildman–Crippen MR) is 91.3 cm³/mol. The van der Waals surface area contributed by atoms with E-state index in [1.54, 1.807) is 36.5 Å². The van der Waals surface area contributed by atoms with E-state index >= 15 is 0 Å². The summed E-state index contributed by atoms with van der Waals surface area (Å²) >= 11 is 0. The minimum atomic E-state index is -0.297. The van der Waals surface area contributed by atoms with E-state index in [4.69, 9.17) is 5.26 Å². The largest absolute Gasteiger partial charge is 0.384 e. The van der Waals surface area contributed by atoms with Crippen molar-refractivity contribution in [2.45, 2.75) is 20.3 Å². The Kier molecular flexibility index (Phi) is 5.70. The number of rotatable bonds is 6. The van der Waals surface area contributed by atoms with E-state index in [9.17, 15) is 4.79 Å². The number of nitriles is 1. The lowest BCUT2D eigenvalue weighted by molar-refractivity contribution is 0.102. The van der Waals surface area contributed by atoms with Crippen LogP contribution in [0.2, 0.25) is 0 Å². The highest BCUT2D eigenvalue weighted by atomic mass is 16.1. The van der Waals surface area contributed by atoms with Crippen LogP contribution < -0.4 is 10.6 Å². The summed E-state index contributed by atoms with van der Waals surface area (Å²) in [7, 11) is 0. The molecule has 0 radical (unpaired) electrons. The smallest absolute Gasteiger partial charge is 0.274 e. The van der Waals surface area contributed by atoms with Gasteiger partial charge in [0.2, 0.25) is 0 Å². The number of benzene rings is 1. The Balaban J connectivity index is 1.96. The van der Waals surface area contributed by atoms with E-state index in [1.807, 2.05) is 12.1 Å². The van der Waals surface area contributed by atoms with Crippen LogP contribution in [0.4, 0.5) is 11.4 Å². The van der Waals surface area contributed by atoms with Gasteiger partial charge >= 0.3 is 0 Å². The molecule has 0 aliphatic rings. The lowest BCUT2D eigenvalue weighted by Crippen LogP contribution is -2.14. The summed E-state index contributed by atoms with van der Waals surface area (Å²) in [6.07, 6.45) is 2.73. The number of pyridine rings is 1. The van der Waals surface area contributed by atoms with Crippen LogP contribution in [-0.4, -0.2) is 17.4 Å². The van der Waals surface area contributed by atoms with Crippen molar-refractivity contribution in [3.8, 4) is 6.07 Å². The second-order valence-corrected chi connectivity index (χ2v) is 5.69. The zero-order valence-corrected chi connectivity index (χ0v) is 13.3. The number of anilines is 2. The zero-order valence-electron chi connectivity index (χ0n) is 13.3. The Labute approximate surface area is 136 Å². The van der Waals surface area contributed by atoms with Crippen LogP contribution in [0.15, 0.2) is 42.6 Å². The molecule has 0 aliphatic heterocycles. The van der Waals surface area contributed by atoms with Crippen molar-refractivity contribution in [2.24, 2.45) is 5.92 Å². The molecule has 1 aromatic carbocycles. The molecule has 2 aromatic rings. The van der Waals surface area contributed by atoms with E-state index in [0.717, 1.165) is 18.7 Å². The molecule has 1 aromatic heterocycles. The third-order valence-corrected chi connectivity index (χ3v) is 3.30. The van der Waals surface area contributed by atoms with Gasteiger partial charge in [0, 0.05) is 12.2 Å². The maximum absolute atomic E-state index is 12.2. The monoisotopic (exact) mass is 308 g/mol. The molecular formula is C18H20N4O. The number of amides is 1. The van der Waals surface area contributed by atoms with Gasteiger partial charge < -0.3 is 10.6 Å². The van der Waals surface area contributed by atoms with Crippen molar-refractivity contribution in [2.75, 3.05) is 17.2 Å². The topological polar surface area (TPSA) is 77.8 Å². The lowest BCUT2D eigenvalue weighted by atomic mass is 10.1. The summed E-state index contributed by atoms with van der Waals surface area (Å²) in [4.78, 5) is 16.3. The van der Waals surface area contributed by atoms with Crippen molar-refractivity contribution in [1.29, 1.82) is 5.26 Å². The van der Waals surface area contributed by atoms with Gasteiger partial charge in [-0.15, -0.1) is 0 Å². The van der Waals surface area contributed by atoms with E-state index in [-0.39, 0.29) is 5.91 Å². The highest BCUT2D eigenvalue weighted by molar-refractivity contribution is 6.03. The molecule has 23 heavy (non-hydrogen) atoms. The van der Waals surface area contributed by atoms with Crippen molar-refractivity contribution >= 4 is 17.3 Å². The fourth-order valence-corrected chi connectivity index (χ4v) is 2.00. The maximum atomic E-state index is 12.2. The molecule has 0 saturated carbocycles. The van der Waals surface area contributed by atoms with Crippen molar-refractivity contribution in [1.82, 2.24) is 4.98 Å². The van der Waals surface area contributed by atoms with E-state index in [0.29, 0.717) is 22.9 Å². The number of carbonyl (C=O) groups is 1. The minimum absolute atomic E-state index is 0.297. The average molecular weight is 308 g/mol. The van der Waals surface area contributed by atoms with Crippen LogP contribution in [0.1, 0.15) is 36.3 Å². The molecule has 1 heterocycles. The van der Waals surface area contributed by atoms with Gasteiger partial charge in [-0.25, -0.2) is 4.98 Å². The SMILES string of the molecule is CC(C)CCNc1ccc(C(=O)Nc2cccc(C#N)c2)nc1. The molecule has 2 N–H and O–H groups in total. The van der Waals surface area contributed by atoms with Gasteiger partial charge in [0.05, 0.1) is 23.5 Å². The second-order valence-electron chi connectivity index (χ2n) is 5.69. The first-order chi connectivity index (χ1) is 11.1. The van der Waals surface area contributed by atoms with Gasteiger partial charge in [-0.2, -0.15) is 5.26 Å². The lowest BCUT2D eigenvalue weighted by Gasteiger charge is -2.09. The molecule has 0 fully saturated rings. The molecule has 5 heteroatoms. The molecular weight excluding hydrogens is 288 g/mol. The third-order valence-electron chi connectivity index (χ3n) is 3.30. The van der Waals surface area contributed by atoms with Crippen molar-refractivity contribution in [3.05, 3.63) is 53.9 Å². The number of hydrogen-bond acceptors (Lipinski definition) is 4. The minimum Gasteiger partial charge on any atom is -0.384 e. The molecule has 0 unspecified atom stereocenters. The van der Waals surface area contributed by atoms with Gasteiger partial charge in [-0.3, -0.25) is 4.79 Å². The standard InChI is InChI=1S/C18H20N4O/c1-13(2)8-9-20-16-6-7-17(21-12-16)18(23)22-15-5-3-4-14(10-15)11-19/h3-7,10,12-13,20H,8-9H2,1-2H3,(H,22,23). The van der Waals surface area contributed by atoms with Crippen LogP contribution in [0.25, 0.3) is 0 Å². The Morgan fingerprint density at radius 1 is 1.26 bits per heavy atom. The van der Waals surface area contributed by atoms with Crippen molar-refractivity contribution in [3.63, 3.8) is 0 Å². The van der Waals surface area contributed by atoms with E-state index in [1.165, 1.54) is 0 Å². The summed E-state index contributed by atoms with van der Waals surface area (Å²) in [6.45, 7) is 5.23. The second kappa shape index (κ2) is 7.95. The molecule has 5 nitrogen and oxygen atoms in total. The fourth-order valence-electron chi connectivity index (χ4n) is 2.00. The maximum Gasteiger partial charge on any atom is 0.274 e. The van der Waals surface area contributed by atoms with Crippen molar-refractivity contribution < 1.29 is 4.79 Å². The first kappa shape index (κ1) is 16.5. The van der Waals surface area contributed by atoms with Crippen LogP contribution in [-0.2, 0) is 0 Å². The van der Waals surface area contributed by atoms with Gasteiger partial charge in [0.25, 0.3) is 5.91 Å². The van der Waals surface area contributed by atoms with Crippen LogP contribution in [0, 0.1) is 17.2 Å². The van der Waals surface area contributed by atoms with Gasteiger partial charge in [-0.05, 0) is 42.7 Å². The predicted octanol–water partition coefficient (Wildman–Crippen LogP) is 3.66. The number of nitrogens with zero attached hydrogens (tertiary/aromatic N) is 2. The first-order valence-electron chi connectivity index (χ1n) is 7.60. The van der Waals surface area contributed by atoms with Crippen LogP contribution >= 0.6 is 0 Å². The summed E-state index contributed by atoms with van der Waals surface area (Å²) in [6, 6.07) is 12.3. The van der Waals surface area contributed by atoms with Crippen LogP contribution in [0.3, 0.4) is 0 Å². The first-order valence-corrected chi connectivity index (χ1v) is 7.60. The molecule has 0 spiro atoms. The molecule has 2 rings (SSSR count). The average Bonchev–Trinajstić information content (AvgIpc) is 2.55. The quantitative estimate of drug-likeness (QED) is 0.853. The highest BCUT2D eigenvalue weighted by Gasteiger charge is 2.08. The normalized spacial score (nSPS) is 10.2. The molecule has 0 saturated heterocycles. The Bertz CT molecular complexity index is 702. The van der Waals surface area contributed by atoms with Gasteiger partial charge in [0.15, 0.2) is 0 Å². The van der Waals surface area contributed by atoms with E-state index < -0.39 is 0 Å². The zero-order chi connectivity index (χ0) is 16.7. The summed E-state index contributed by atoms with van der Waals surface area (Å²) in [5, 5.41) is 14.9. The molecule has 118 valence electrons. The molecule has 0 atom stereocenters. The summed E-state index contributed by atoms with van der Waals surface area (Å²) < 4.78 is 0. The molecule has 1 amide bonds. The Morgan fingerprint density at radius 2 is 2.09 bits per heavy atom. The van der Waals surface area contributed by atoms with Gasteiger partial charge in [0.1, 0.15) is 5.69 Å². The summed E-state index contributed by atoms with van der Waals surface area (Å²) in [5.74, 6) is 0.346. The molecule has 0 bridgehead atoms. The number of carbonyl (C=O) groups excluding carboxylic acids is 1. The fraction of sp³-hybridized carbons (Fsp3) is 0.278. The molecule has 0 aliphatic carbocycles. The number of nitrogens with one attached hydrogen (secondary N) is 2. The van der Waals surface area contributed by atoms with E-state index in [2.05, 4.69) is 29.5 Å². The van der Waals surface area contributed by atoms with Gasteiger partial charge in [-0.1, -0.05) is 19.9 Å². The Hall–Kier alpha value is -2.87.